The maximum atomic E-state index is 12.8. The van der Waals surface area contributed by atoms with Crippen LogP contribution in [0.1, 0.15) is 33.8 Å². The Bertz CT molecular complexity index is 644. The van der Waals surface area contributed by atoms with E-state index in [1.807, 2.05) is 49.4 Å². The molecule has 0 amide bonds. The van der Waals surface area contributed by atoms with E-state index < -0.39 is 0 Å². The molecule has 2 aromatic rings. The summed E-state index contributed by atoms with van der Waals surface area (Å²) in [7, 11) is 0. The molecule has 1 unspecified atom stereocenters. The van der Waals surface area contributed by atoms with Gasteiger partial charge in [-0.3, -0.25) is 4.79 Å². The van der Waals surface area contributed by atoms with E-state index in [9.17, 15) is 4.79 Å². The number of fused-ring (bicyclic) bond motifs is 1. The number of carbonyl (C=O) groups excluding carboxylic acids is 1. The molecule has 0 bridgehead atoms. The molecule has 2 aromatic carbocycles. The average molecular weight is 331 g/mol. The monoisotopic (exact) mass is 330 g/mol. The molecule has 20 heavy (non-hydrogen) atoms. The maximum Gasteiger partial charge on any atom is 0.170 e. The van der Waals surface area contributed by atoms with Crippen molar-refractivity contribution >= 4 is 21.7 Å². The first-order valence-corrected chi connectivity index (χ1v) is 7.47. The quantitative estimate of drug-likeness (QED) is 0.757. The molecule has 0 saturated heterocycles. The van der Waals surface area contributed by atoms with Crippen LogP contribution in [0.15, 0.2) is 46.9 Å². The van der Waals surface area contributed by atoms with Gasteiger partial charge in [-0.25, -0.2) is 0 Å². The number of ketones is 1. The Morgan fingerprint density at radius 1 is 1.25 bits per heavy atom. The molecule has 1 aliphatic heterocycles. The fraction of sp³-hybridized carbons (Fsp3) is 0.235. The number of Topliss-reactive ketones (excluding diaryl/α,β-unsaturated/α-hetero) is 1. The molecule has 1 aliphatic rings. The van der Waals surface area contributed by atoms with Crippen molar-refractivity contribution in [3.05, 3.63) is 63.6 Å². The molecular formula is C17H15BrO2. The van der Waals surface area contributed by atoms with E-state index in [1.165, 1.54) is 0 Å². The molecule has 0 fully saturated rings. The first-order valence-electron chi connectivity index (χ1n) is 6.68. The molecule has 0 saturated carbocycles. The molecular weight excluding hydrogens is 316 g/mol. The van der Waals surface area contributed by atoms with Crippen molar-refractivity contribution < 1.29 is 9.53 Å². The van der Waals surface area contributed by atoms with E-state index in [0.717, 1.165) is 33.3 Å². The maximum absolute atomic E-state index is 12.8. The van der Waals surface area contributed by atoms with Crippen molar-refractivity contribution in [3.8, 4) is 5.75 Å². The smallest absolute Gasteiger partial charge is 0.170 e. The Kier molecular flexibility index (Phi) is 3.62. The fourth-order valence-corrected chi connectivity index (χ4v) is 3.30. The minimum atomic E-state index is -0.103. The van der Waals surface area contributed by atoms with Crippen LogP contribution < -0.4 is 4.74 Å². The highest BCUT2D eigenvalue weighted by atomic mass is 79.9. The lowest BCUT2D eigenvalue weighted by atomic mass is 9.86. The summed E-state index contributed by atoms with van der Waals surface area (Å²) in [6, 6.07) is 13.7. The van der Waals surface area contributed by atoms with Crippen LogP contribution in [0.3, 0.4) is 0 Å². The predicted octanol–water partition coefficient (Wildman–Crippen LogP) is 4.51. The van der Waals surface area contributed by atoms with Gasteiger partial charge in [0.2, 0.25) is 0 Å². The Labute approximate surface area is 126 Å². The summed E-state index contributed by atoms with van der Waals surface area (Å²) in [6.45, 7) is 2.60. The van der Waals surface area contributed by atoms with Crippen LogP contribution in [0, 0.1) is 6.92 Å². The average Bonchev–Trinajstić information content (AvgIpc) is 2.45. The molecule has 0 spiro atoms. The number of hydrogen-bond donors (Lipinski definition) is 0. The first kappa shape index (κ1) is 13.4. The minimum absolute atomic E-state index is 0.103. The molecule has 1 heterocycles. The molecule has 102 valence electrons. The van der Waals surface area contributed by atoms with Gasteiger partial charge in [-0.15, -0.1) is 0 Å². The lowest BCUT2D eigenvalue weighted by molar-refractivity contribution is 0.0933. The third-order valence-corrected chi connectivity index (χ3v) is 4.06. The van der Waals surface area contributed by atoms with Gasteiger partial charge < -0.3 is 4.74 Å². The summed E-state index contributed by atoms with van der Waals surface area (Å²) in [6.07, 6.45) is 0.738. The summed E-state index contributed by atoms with van der Waals surface area (Å²) in [5, 5.41) is 0. The zero-order valence-electron chi connectivity index (χ0n) is 11.2. The number of benzene rings is 2. The Hall–Kier alpha value is -1.61. The standard InChI is InChI=1S/C17H15BrO2/c1-11-8-12(10-13(18)9-11)17(19)15-6-7-20-16-5-3-2-4-14(15)16/h2-5,8-10,15H,6-7H2,1H3. The first-order chi connectivity index (χ1) is 9.65. The Morgan fingerprint density at radius 3 is 2.85 bits per heavy atom. The SMILES string of the molecule is Cc1cc(Br)cc(C(=O)C2CCOc3ccccc32)c1. The van der Waals surface area contributed by atoms with E-state index in [4.69, 9.17) is 4.74 Å². The highest BCUT2D eigenvalue weighted by molar-refractivity contribution is 9.10. The summed E-state index contributed by atoms with van der Waals surface area (Å²) in [4.78, 5) is 12.8. The number of aryl methyl sites for hydroxylation is 1. The van der Waals surface area contributed by atoms with E-state index >= 15 is 0 Å². The van der Waals surface area contributed by atoms with Gasteiger partial charge in [0.1, 0.15) is 5.75 Å². The van der Waals surface area contributed by atoms with Crippen LogP contribution in [-0.2, 0) is 0 Å². The molecule has 3 heteroatoms. The van der Waals surface area contributed by atoms with Crippen molar-refractivity contribution in [2.75, 3.05) is 6.61 Å². The second kappa shape index (κ2) is 5.41. The van der Waals surface area contributed by atoms with Crippen LogP contribution in [0.2, 0.25) is 0 Å². The predicted molar refractivity (Wildman–Crippen MR) is 82.5 cm³/mol. The Balaban J connectivity index is 1.99. The summed E-state index contributed by atoms with van der Waals surface area (Å²) in [5.74, 6) is 0.905. The van der Waals surface area contributed by atoms with Crippen LogP contribution in [0.25, 0.3) is 0 Å². The Morgan fingerprint density at radius 2 is 2.05 bits per heavy atom. The van der Waals surface area contributed by atoms with Gasteiger partial charge in [0.15, 0.2) is 5.78 Å². The van der Waals surface area contributed by atoms with Crippen LogP contribution in [0.4, 0.5) is 0 Å². The van der Waals surface area contributed by atoms with Gasteiger partial charge >= 0.3 is 0 Å². The fourth-order valence-electron chi connectivity index (χ4n) is 2.69. The van der Waals surface area contributed by atoms with Gasteiger partial charge in [0.05, 0.1) is 12.5 Å². The van der Waals surface area contributed by atoms with Gasteiger partial charge in [-0.2, -0.15) is 0 Å². The van der Waals surface area contributed by atoms with Crippen molar-refractivity contribution in [2.45, 2.75) is 19.3 Å². The number of carbonyl (C=O) groups is 1. The molecule has 1 atom stereocenters. The van der Waals surface area contributed by atoms with Crippen molar-refractivity contribution in [1.29, 1.82) is 0 Å². The third-order valence-electron chi connectivity index (χ3n) is 3.60. The van der Waals surface area contributed by atoms with Gasteiger partial charge in [-0.1, -0.05) is 34.1 Å². The number of ether oxygens (including phenoxy) is 1. The van der Waals surface area contributed by atoms with Crippen LogP contribution >= 0.6 is 15.9 Å². The highest BCUT2D eigenvalue weighted by Gasteiger charge is 2.28. The molecule has 0 N–H and O–H groups in total. The largest absolute Gasteiger partial charge is 0.493 e. The van der Waals surface area contributed by atoms with Crippen molar-refractivity contribution in [1.82, 2.24) is 0 Å². The van der Waals surface area contributed by atoms with Crippen LogP contribution in [0.5, 0.6) is 5.75 Å². The van der Waals surface area contributed by atoms with Crippen LogP contribution in [-0.4, -0.2) is 12.4 Å². The van der Waals surface area contributed by atoms with E-state index in [-0.39, 0.29) is 11.7 Å². The second-order valence-electron chi connectivity index (χ2n) is 5.11. The van der Waals surface area contributed by atoms with E-state index in [1.54, 1.807) is 0 Å². The lowest BCUT2D eigenvalue weighted by Crippen LogP contribution is -2.21. The van der Waals surface area contributed by atoms with Crippen molar-refractivity contribution in [2.24, 2.45) is 0 Å². The zero-order valence-corrected chi connectivity index (χ0v) is 12.8. The van der Waals surface area contributed by atoms with Crippen molar-refractivity contribution in [3.63, 3.8) is 0 Å². The van der Waals surface area contributed by atoms with Gasteiger partial charge in [-0.05, 0) is 43.2 Å². The third kappa shape index (κ3) is 2.50. The summed E-state index contributed by atoms with van der Waals surface area (Å²) < 4.78 is 6.57. The zero-order chi connectivity index (χ0) is 14.1. The number of rotatable bonds is 2. The molecule has 3 rings (SSSR count). The van der Waals surface area contributed by atoms with E-state index in [2.05, 4.69) is 15.9 Å². The molecule has 0 radical (unpaired) electrons. The van der Waals surface area contributed by atoms with Gasteiger partial charge in [0, 0.05) is 15.6 Å². The van der Waals surface area contributed by atoms with Gasteiger partial charge in [0.25, 0.3) is 0 Å². The summed E-state index contributed by atoms with van der Waals surface area (Å²) >= 11 is 3.46. The topological polar surface area (TPSA) is 26.3 Å². The summed E-state index contributed by atoms with van der Waals surface area (Å²) in [5.41, 5.74) is 2.85. The normalized spacial score (nSPS) is 17.2. The lowest BCUT2D eigenvalue weighted by Gasteiger charge is -2.25. The molecule has 2 nitrogen and oxygen atoms in total. The molecule has 0 aromatic heterocycles. The number of hydrogen-bond acceptors (Lipinski definition) is 2. The minimum Gasteiger partial charge on any atom is -0.493 e. The molecule has 0 aliphatic carbocycles. The highest BCUT2D eigenvalue weighted by Crippen LogP contribution is 2.35. The second-order valence-corrected chi connectivity index (χ2v) is 6.02. The van der Waals surface area contributed by atoms with E-state index in [0.29, 0.717) is 6.61 Å². The number of halogens is 1. The number of para-hydroxylation sites is 1.